The summed E-state index contributed by atoms with van der Waals surface area (Å²) >= 11 is 7.14. The molecule has 0 aliphatic heterocycles. The van der Waals surface area contributed by atoms with Crippen LogP contribution in [0.2, 0.25) is 5.02 Å². The van der Waals surface area contributed by atoms with Crippen molar-refractivity contribution in [2.45, 2.75) is 12.5 Å². The average Bonchev–Trinajstić information content (AvgIpc) is 2.37. The normalized spacial score (nSPS) is 11.9. The van der Waals surface area contributed by atoms with Gasteiger partial charge in [0.05, 0.1) is 10.6 Å². The number of halogens is 2. The number of carboxylic acids is 1. The molecule has 0 aromatic heterocycles. The molecule has 1 atom stereocenters. The third kappa shape index (κ3) is 4.40. The number of hydrogen-bond acceptors (Lipinski definition) is 3. The second-order valence-corrected chi connectivity index (χ2v) is 5.11. The maximum absolute atomic E-state index is 13.2. The first-order valence-electron chi connectivity index (χ1n) is 5.44. The van der Waals surface area contributed by atoms with E-state index in [4.69, 9.17) is 16.7 Å². The van der Waals surface area contributed by atoms with Gasteiger partial charge in [0.1, 0.15) is 11.9 Å². The first-order chi connectivity index (χ1) is 8.97. The number of thioether (sulfide) groups is 1. The number of hydrogen-bond donors (Lipinski definition) is 2. The Morgan fingerprint density at radius 2 is 2.21 bits per heavy atom. The highest BCUT2D eigenvalue weighted by atomic mass is 35.5. The molecule has 7 heteroatoms. The van der Waals surface area contributed by atoms with Crippen LogP contribution in [0.3, 0.4) is 0 Å². The summed E-state index contributed by atoms with van der Waals surface area (Å²) in [5.41, 5.74) is -0.0722. The van der Waals surface area contributed by atoms with Gasteiger partial charge in [-0.3, -0.25) is 4.79 Å². The summed E-state index contributed by atoms with van der Waals surface area (Å²) in [5, 5.41) is 11.0. The molecule has 0 unspecified atom stereocenters. The third-order valence-electron chi connectivity index (χ3n) is 2.41. The fourth-order valence-corrected chi connectivity index (χ4v) is 2.09. The Morgan fingerprint density at radius 1 is 1.53 bits per heavy atom. The Bertz CT molecular complexity index is 484. The molecule has 0 radical (unpaired) electrons. The molecule has 4 nitrogen and oxygen atoms in total. The Balaban J connectivity index is 2.82. The molecular formula is C12H13ClFNO3S. The van der Waals surface area contributed by atoms with Crippen molar-refractivity contribution in [3.05, 3.63) is 34.6 Å². The lowest BCUT2D eigenvalue weighted by Gasteiger charge is -2.14. The first kappa shape index (κ1) is 15.8. The second kappa shape index (κ2) is 7.35. The molecule has 0 saturated heterocycles. The van der Waals surface area contributed by atoms with E-state index in [1.807, 2.05) is 6.26 Å². The highest BCUT2D eigenvalue weighted by molar-refractivity contribution is 7.98. The average molecular weight is 306 g/mol. The van der Waals surface area contributed by atoms with Gasteiger partial charge in [0.25, 0.3) is 5.91 Å². The molecule has 1 rings (SSSR count). The van der Waals surface area contributed by atoms with Gasteiger partial charge in [-0.05, 0) is 30.6 Å². The summed E-state index contributed by atoms with van der Waals surface area (Å²) in [6.07, 6.45) is 2.12. The van der Waals surface area contributed by atoms with Crippen LogP contribution in [0.1, 0.15) is 16.8 Å². The SMILES string of the molecule is CSCC[C@H](NC(=O)c1cccc(F)c1Cl)C(=O)O. The molecule has 0 saturated carbocycles. The fourth-order valence-electron chi connectivity index (χ4n) is 1.41. The lowest BCUT2D eigenvalue weighted by atomic mass is 10.1. The van der Waals surface area contributed by atoms with Gasteiger partial charge in [0.2, 0.25) is 0 Å². The predicted molar refractivity (Wildman–Crippen MR) is 73.3 cm³/mol. The lowest BCUT2D eigenvalue weighted by molar-refractivity contribution is -0.139. The highest BCUT2D eigenvalue weighted by Gasteiger charge is 2.22. The van der Waals surface area contributed by atoms with Gasteiger partial charge in [-0.15, -0.1) is 0 Å². The highest BCUT2D eigenvalue weighted by Crippen LogP contribution is 2.19. The summed E-state index contributed by atoms with van der Waals surface area (Å²) in [6.45, 7) is 0. The maximum Gasteiger partial charge on any atom is 0.326 e. The molecule has 0 aliphatic rings. The minimum atomic E-state index is -1.13. The molecule has 1 aromatic rings. The Morgan fingerprint density at radius 3 is 2.79 bits per heavy atom. The van der Waals surface area contributed by atoms with E-state index in [1.165, 1.54) is 23.9 Å². The minimum Gasteiger partial charge on any atom is -0.480 e. The van der Waals surface area contributed by atoms with Gasteiger partial charge in [-0.25, -0.2) is 9.18 Å². The monoisotopic (exact) mass is 305 g/mol. The van der Waals surface area contributed by atoms with Crippen LogP contribution >= 0.6 is 23.4 Å². The summed E-state index contributed by atoms with van der Waals surface area (Å²) < 4.78 is 13.2. The molecule has 0 bridgehead atoms. The number of aliphatic carboxylic acids is 1. The van der Waals surface area contributed by atoms with E-state index in [0.29, 0.717) is 5.75 Å². The van der Waals surface area contributed by atoms with Crippen LogP contribution in [0.15, 0.2) is 18.2 Å². The van der Waals surface area contributed by atoms with Crippen molar-refractivity contribution in [3.8, 4) is 0 Å². The van der Waals surface area contributed by atoms with E-state index in [0.717, 1.165) is 6.07 Å². The summed E-state index contributed by atoms with van der Waals surface area (Å²) in [7, 11) is 0. The second-order valence-electron chi connectivity index (χ2n) is 3.75. The molecular weight excluding hydrogens is 293 g/mol. The van der Waals surface area contributed by atoms with Crippen molar-refractivity contribution in [2.24, 2.45) is 0 Å². The zero-order valence-electron chi connectivity index (χ0n) is 10.2. The molecule has 19 heavy (non-hydrogen) atoms. The van der Waals surface area contributed by atoms with Crippen molar-refractivity contribution < 1.29 is 19.1 Å². The van der Waals surface area contributed by atoms with Crippen molar-refractivity contribution in [2.75, 3.05) is 12.0 Å². The smallest absolute Gasteiger partial charge is 0.326 e. The van der Waals surface area contributed by atoms with Crippen LogP contribution < -0.4 is 5.32 Å². The van der Waals surface area contributed by atoms with Crippen LogP contribution in [-0.4, -0.2) is 35.0 Å². The van der Waals surface area contributed by atoms with Gasteiger partial charge in [-0.2, -0.15) is 11.8 Å². The van der Waals surface area contributed by atoms with Gasteiger partial charge >= 0.3 is 5.97 Å². The number of carboxylic acid groups (broad SMARTS) is 1. The number of rotatable bonds is 6. The van der Waals surface area contributed by atoms with Crippen LogP contribution in [0, 0.1) is 5.82 Å². The predicted octanol–water partition coefficient (Wildman–Crippen LogP) is 2.42. The zero-order chi connectivity index (χ0) is 14.4. The number of carbonyl (C=O) groups is 2. The van der Waals surface area contributed by atoms with Gasteiger partial charge in [0.15, 0.2) is 0 Å². The maximum atomic E-state index is 13.2. The standard InChI is InChI=1S/C12H13ClFNO3S/c1-19-6-5-9(12(17)18)15-11(16)7-3-2-4-8(14)10(7)13/h2-4,9H,5-6H2,1H3,(H,15,16)(H,17,18)/t9-/m0/s1. The molecule has 0 spiro atoms. The van der Waals surface area contributed by atoms with Crippen LogP contribution in [-0.2, 0) is 4.79 Å². The van der Waals surface area contributed by atoms with Gasteiger partial charge < -0.3 is 10.4 Å². The zero-order valence-corrected chi connectivity index (χ0v) is 11.7. The van der Waals surface area contributed by atoms with Crippen molar-refractivity contribution in [3.63, 3.8) is 0 Å². The fraction of sp³-hybridized carbons (Fsp3) is 0.333. The number of nitrogens with one attached hydrogen (secondary N) is 1. The van der Waals surface area contributed by atoms with Gasteiger partial charge in [0, 0.05) is 0 Å². The van der Waals surface area contributed by atoms with Crippen LogP contribution in [0.5, 0.6) is 0 Å². The van der Waals surface area contributed by atoms with Crippen LogP contribution in [0.25, 0.3) is 0 Å². The summed E-state index contributed by atoms with van der Waals surface area (Å²) in [4.78, 5) is 22.9. The third-order valence-corrected chi connectivity index (χ3v) is 3.44. The molecule has 0 fully saturated rings. The number of amides is 1. The van der Waals surface area contributed by atoms with Crippen LogP contribution in [0.4, 0.5) is 4.39 Å². The Kier molecular flexibility index (Phi) is 6.11. The largest absolute Gasteiger partial charge is 0.480 e. The van der Waals surface area contributed by atoms with Gasteiger partial charge in [-0.1, -0.05) is 17.7 Å². The lowest BCUT2D eigenvalue weighted by Crippen LogP contribution is -2.41. The van der Waals surface area contributed by atoms with Crippen molar-refractivity contribution in [1.29, 1.82) is 0 Å². The van der Waals surface area contributed by atoms with E-state index < -0.39 is 23.7 Å². The molecule has 104 valence electrons. The van der Waals surface area contributed by atoms with Crippen molar-refractivity contribution >= 4 is 35.2 Å². The van der Waals surface area contributed by atoms with E-state index in [2.05, 4.69) is 5.32 Å². The van der Waals surface area contributed by atoms with E-state index in [1.54, 1.807) is 0 Å². The topological polar surface area (TPSA) is 66.4 Å². The van der Waals surface area contributed by atoms with E-state index in [9.17, 15) is 14.0 Å². The molecule has 1 amide bonds. The quantitative estimate of drug-likeness (QED) is 0.847. The molecule has 2 N–H and O–H groups in total. The minimum absolute atomic E-state index is 0.0722. The Hall–Kier alpha value is -1.27. The molecule has 1 aromatic carbocycles. The molecule has 0 heterocycles. The molecule has 0 aliphatic carbocycles. The van der Waals surface area contributed by atoms with Crippen molar-refractivity contribution in [1.82, 2.24) is 5.32 Å². The van der Waals surface area contributed by atoms with E-state index >= 15 is 0 Å². The number of carbonyl (C=O) groups excluding carboxylic acids is 1. The summed E-state index contributed by atoms with van der Waals surface area (Å²) in [5.74, 6) is -1.95. The summed E-state index contributed by atoms with van der Waals surface area (Å²) in [6, 6.07) is 2.79. The Labute approximate surface area is 119 Å². The first-order valence-corrected chi connectivity index (χ1v) is 7.21. The number of benzene rings is 1. The van der Waals surface area contributed by atoms with E-state index in [-0.39, 0.29) is 17.0 Å².